The first kappa shape index (κ1) is 14.1. The summed E-state index contributed by atoms with van der Waals surface area (Å²) in [4.78, 5) is 12.1. The molecule has 2 amide bonds. The Kier molecular flexibility index (Phi) is 3.66. The maximum atomic E-state index is 12.1. The molecule has 0 aromatic heterocycles. The summed E-state index contributed by atoms with van der Waals surface area (Å²) in [6.45, 7) is 1.02. The average molecular weight is 308 g/mol. The maximum absolute atomic E-state index is 12.1. The standard InChI is InChI=1S/C19H20N2O2/c22-19(21-17-12-23-18-4-2-1-3-16(17)18)20-11-13-5-7-14(8-6-13)15-9-10-15/h1-8,15,17H,9-12H2,(H2,20,21,22). The van der Waals surface area contributed by atoms with E-state index in [1.54, 1.807) is 0 Å². The van der Waals surface area contributed by atoms with Crippen molar-refractivity contribution in [1.82, 2.24) is 10.6 Å². The van der Waals surface area contributed by atoms with Gasteiger partial charge in [0.2, 0.25) is 0 Å². The van der Waals surface area contributed by atoms with Crippen molar-refractivity contribution >= 4 is 6.03 Å². The highest BCUT2D eigenvalue weighted by atomic mass is 16.5. The highest BCUT2D eigenvalue weighted by Gasteiger charge is 2.25. The molecule has 0 bridgehead atoms. The molecule has 0 radical (unpaired) electrons. The zero-order chi connectivity index (χ0) is 15.6. The maximum Gasteiger partial charge on any atom is 0.315 e. The quantitative estimate of drug-likeness (QED) is 0.908. The Morgan fingerprint density at radius 1 is 1.09 bits per heavy atom. The van der Waals surface area contributed by atoms with Crippen molar-refractivity contribution in [2.75, 3.05) is 6.61 Å². The molecule has 2 aromatic carbocycles. The Morgan fingerprint density at radius 3 is 2.65 bits per heavy atom. The van der Waals surface area contributed by atoms with Crippen LogP contribution in [0, 0.1) is 0 Å². The normalized spacial score (nSPS) is 18.9. The Hall–Kier alpha value is -2.49. The first-order valence-corrected chi connectivity index (χ1v) is 8.14. The van der Waals surface area contributed by atoms with Crippen molar-refractivity contribution in [1.29, 1.82) is 0 Å². The predicted octanol–water partition coefficient (Wildman–Crippen LogP) is 3.50. The van der Waals surface area contributed by atoms with Crippen LogP contribution < -0.4 is 15.4 Å². The zero-order valence-corrected chi connectivity index (χ0v) is 12.9. The number of para-hydroxylation sites is 1. The molecule has 1 saturated carbocycles. The summed E-state index contributed by atoms with van der Waals surface area (Å²) >= 11 is 0. The number of urea groups is 1. The molecule has 4 heteroatoms. The molecule has 1 heterocycles. The summed E-state index contributed by atoms with van der Waals surface area (Å²) in [6.07, 6.45) is 2.62. The van der Waals surface area contributed by atoms with Gasteiger partial charge in [-0.2, -0.15) is 0 Å². The van der Waals surface area contributed by atoms with E-state index in [4.69, 9.17) is 4.74 Å². The van der Waals surface area contributed by atoms with Crippen LogP contribution in [-0.2, 0) is 6.54 Å². The lowest BCUT2D eigenvalue weighted by molar-refractivity contribution is 0.231. The van der Waals surface area contributed by atoms with E-state index in [0.29, 0.717) is 13.2 Å². The Morgan fingerprint density at radius 2 is 1.87 bits per heavy atom. The monoisotopic (exact) mass is 308 g/mol. The number of nitrogens with one attached hydrogen (secondary N) is 2. The molecule has 0 spiro atoms. The lowest BCUT2D eigenvalue weighted by atomic mass is 10.1. The summed E-state index contributed by atoms with van der Waals surface area (Å²) in [5.74, 6) is 1.62. The summed E-state index contributed by atoms with van der Waals surface area (Å²) < 4.78 is 5.57. The van der Waals surface area contributed by atoms with E-state index in [1.807, 2.05) is 24.3 Å². The Labute approximate surface area is 135 Å². The van der Waals surface area contributed by atoms with Gasteiger partial charge in [0.05, 0.1) is 6.04 Å². The number of hydrogen-bond donors (Lipinski definition) is 2. The Bertz CT molecular complexity index is 708. The van der Waals surface area contributed by atoms with Crippen LogP contribution in [0.4, 0.5) is 4.79 Å². The van der Waals surface area contributed by atoms with Crippen LogP contribution in [0.2, 0.25) is 0 Å². The van der Waals surface area contributed by atoms with Gasteiger partial charge < -0.3 is 15.4 Å². The van der Waals surface area contributed by atoms with Gasteiger partial charge in [-0.15, -0.1) is 0 Å². The third kappa shape index (κ3) is 3.16. The minimum absolute atomic E-state index is 0.0801. The minimum atomic E-state index is -0.165. The molecule has 4 nitrogen and oxygen atoms in total. The number of hydrogen-bond acceptors (Lipinski definition) is 2. The summed E-state index contributed by atoms with van der Waals surface area (Å²) in [6, 6.07) is 16.1. The largest absolute Gasteiger partial charge is 0.491 e. The molecular weight excluding hydrogens is 288 g/mol. The number of benzene rings is 2. The molecule has 0 saturated heterocycles. The van der Waals surface area contributed by atoms with E-state index in [9.17, 15) is 4.79 Å². The van der Waals surface area contributed by atoms with Gasteiger partial charge in [-0.1, -0.05) is 42.5 Å². The summed E-state index contributed by atoms with van der Waals surface area (Å²) in [7, 11) is 0. The van der Waals surface area contributed by atoms with Gasteiger partial charge >= 0.3 is 6.03 Å². The molecule has 118 valence electrons. The first-order valence-electron chi connectivity index (χ1n) is 8.14. The number of rotatable bonds is 4. The van der Waals surface area contributed by atoms with Crippen molar-refractivity contribution < 1.29 is 9.53 Å². The molecule has 1 aliphatic carbocycles. The molecule has 2 aliphatic rings. The van der Waals surface area contributed by atoms with Gasteiger partial charge in [0, 0.05) is 12.1 Å². The van der Waals surface area contributed by atoms with E-state index < -0.39 is 0 Å². The molecule has 4 rings (SSSR count). The summed E-state index contributed by atoms with van der Waals surface area (Å²) in [5, 5.41) is 5.89. The van der Waals surface area contributed by atoms with E-state index >= 15 is 0 Å². The fourth-order valence-corrected chi connectivity index (χ4v) is 3.00. The molecule has 23 heavy (non-hydrogen) atoms. The smallest absolute Gasteiger partial charge is 0.315 e. The third-order valence-corrected chi connectivity index (χ3v) is 4.49. The third-order valence-electron chi connectivity index (χ3n) is 4.49. The number of ether oxygens (including phenoxy) is 1. The fourth-order valence-electron chi connectivity index (χ4n) is 3.00. The summed E-state index contributed by atoms with van der Waals surface area (Å²) in [5.41, 5.74) is 3.57. The second-order valence-corrected chi connectivity index (χ2v) is 6.24. The number of amides is 2. The number of carbonyl (C=O) groups is 1. The number of fused-ring (bicyclic) bond motifs is 1. The second-order valence-electron chi connectivity index (χ2n) is 6.24. The van der Waals surface area contributed by atoms with Crippen LogP contribution in [-0.4, -0.2) is 12.6 Å². The van der Waals surface area contributed by atoms with Gasteiger partial charge in [-0.05, 0) is 36.0 Å². The van der Waals surface area contributed by atoms with Crippen LogP contribution in [0.25, 0.3) is 0 Å². The SMILES string of the molecule is O=C(NCc1ccc(C2CC2)cc1)NC1COc2ccccc21. The lowest BCUT2D eigenvalue weighted by Crippen LogP contribution is -2.38. The van der Waals surface area contributed by atoms with Crippen LogP contribution in [0.3, 0.4) is 0 Å². The van der Waals surface area contributed by atoms with Crippen LogP contribution in [0.5, 0.6) is 5.75 Å². The molecule has 2 N–H and O–H groups in total. The van der Waals surface area contributed by atoms with Gasteiger partial charge in [-0.25, -0.2) is 4.79 Å². The fraction of sp³-hybridized carbons (Fsp3) is 0.316. The van der Waals surface area contributed by atoms with Crippen molar-refractivity contribution in [2.45, 2.75) is 31.3 Å². The molecule has 1 fully saturated rings. The van der Waals surface area contributed by atoms with E-state index in [2.05, 4.69) is 34.9 Å². The molecule has 1 unspecified atom stereocenters. The lowest BCUT2D eigenvalue weighted by Gasteiger charge is -2.13. The average Bonchev–Trinajstić information content (AvgIpc) is 3.36. The van der Waals surface area contributed by atoms with Crippen molar-refractivity contribution in [3.63, 3.8) is 0 Å². The Balaban J connectivity index is 1.30. The highest BCUT2D eigenvalue weighted by molar-refractivity contribution is 5.74. The van der Waals surface area contributed by atoms with E-state index in [-0.39, 0.29) is 12.1 Å². The molecule has 1 atom stereocenters. The zero-order valence-electron chi connectivity index (χ0n) is 12.9. The first-order chi connectivity index (χ1) is 11.3. The van der Waals surface area contributed by atoms with Crippen molar-refractivity contribution in [3.05, 3.63) is 65.2 Å². The van der Waals surface area contributed by atoms with Gasteiger partial charge in [-0.3, -0.25) is 0 Å². The molecule has 2 aromatic rings. The predicted molar refractivity (Wildman–Crippen MR) is 88.5 cm³/mol. The van der Waals surface area contributed by atoms with E-state index in [1.165, 1.54) is 18.4 Å². The van der Waals surface area contributed by atoms with Gasteiger partial charge in [0.15, 0.2) is 0 Å². The minimum Gasteiger partial charge on any atom is -0.491 e. The second kappa shape index (κ2) is 5.95. The molecular formula is C19H20N2O2. The van der Waals surface area contributed by atoms with Gasteiger partial charge in [0.25, 0.3) is 0 Å². The van der Waals surface area contributed by atoms with Crippen LogP contribution in [0.15, 0.2) is 48.5 Å². The van der Waals surface area contributed by atoms with Crippen molar-refractivity contribution in [3.8, 4) is 5.75 Å². The topological polar surface area (TPSA) is 50.4 Å². The number of carbonyl (C=O) groups excluding carboxylic acids is 1. The van der Waals surface area contributed by atoms with Crippen LogP contribution in [0.1, 0.15) is 41.5 Å². The van der Waals surface area contributed by atoms with Gasteiger partial charge in [0.1, 0.15) is 12.4 Å². The highest BCUT2D eigenvalue weighted by Crippen LogP contribution is 2.39. The van der Waals surface area contributed by atoms with Crippen LogP contribution >= 0.6 is 0 Å². The van der Waals surface area contributed by atoms with Crippen molar-refractivity contribution in [2.24, 2.45) is 0 Å². The molecule has 1 aliphatic heterocycles. The van der Waals surface area contributed by atoms with E-state index in [0.717, 1.165) is 22.8 Å².